The van der Waals surface area contributed by atoms with Crippen molar-refractivity contribution in [2.24, 2.45) is 0 Å². The molecule has 0 aliphatic heterocycles. The third-order valence-corrected chi connectivity index (χ3v) is 4.87. The molecule has 30 heavy (non-hydrogen) atoms. The Bertz CT molecular complexity index is 1070. The normalized spacial score (nSPS) is 11.0. The van der Waals surface area contributed by atoms with E-state index in [4.69, 9.17) is 26.1 Å². The zero-order valence-corrected chi connectivity index (χ0v) is 18.5. The van der Waals surface area contributed by atoms with Crippen LogP contribution in [0.1, 0.15) is 54.1 Å². The summed E-state index contributed by atoms with van der Waals surface area (Å²) < 4.78 is 18.3. The Morgan fingerprint density at radius 3 is 2.57 bits per heavy atom. The summed E-state index contributed by atoms with van der Waals surface area (Å²) in [5.74, 6) is 2.07. The van der Waals surface area contributed by atoms with E-state index in [1.54, 1.807) is 24.3 Å². The number of carbonyl (C=O) groups is 1. The van der Waals surface area contributed by atoms with Crippen molar-refractivity contribution in [2.45, 2.75) is 46.8 Å². The SMILES string of the molecule is CCOc1ccc(C(=O)Cn2nc(COc3cc(C)ccc3C(C)C)oc2=S)cc1. The van der Waals surface area contributed by atoms with Crippen LogP contribution in [0, 0.1) is 11.8 Å². The number of carbonyl (C=O) groups excluding carboxylic acids is 1. The highest BCUT2D eigenvalue weighted by Gasteiger charge is 2.14. The maximum absolute atomic E-state index is 12.6. The van der Waals surface area contributed by atoms with Crippen molar-refractivity contribution in [2.75, 3.05) is 6.61 Å². The molecule has 0 unspecified atom stereocenters. The second kappa shape index (κ2) is 9.71. The number of ether oxygens (including phenoxy) is 2. The molecule has 0 aliphatic rings. The maximum Gasteiger partial charge on any atom is 0.287 e. The predicted octanol–water partition coefficient (Wildman–Crippen LogP) is 5.50. The van der Waals surface area contributed by atoms with Gasteiger partial charge in [0.05, 0.1) is 6.61 Å². The van der Waals surface area contributed by atoms with E-state index in [2.05, 4.69) is 31.1 Å². The van der Waals surface area contributed by atoms with E-state index in [1.165, 1.54) is 4.68 Å². The lowest BCUT2D eigenvalue weighted by molar-refractivity contribution is 0.0966. The molecule has 2 aromatic carbocycles. The van der Waals surface area contributed by atoms with Crippen LogP contribution in [0.2, 0.25) is 0 Å². The van der Waals surface area contributed by atoms with E-state index >= 15 is 0 Å². The molecule has 7 heteroatoms. The van der Waals surface area contributed by atoms with Gasteiger partial charge in [-0.25, -0.2) is 4.68 Å². The first kappa shape index (κ1) is 21.8. The molecule has 158 valence electrons. The van der Waals surface area contributed by atoms with E-state index in [0.717, 1.165) is 22.6 Å². The van der Waals surface area contributed by atoms with Crippen LogP contribution in [0.4, 0.5) is 0 Å². The Kier molecular flexibility index (Phi) is 7.05. The Balaban J connectivity index is 1.68. The fraction of sp³-hybridized carbons (Fsp3) is 0.348. The number of rotatable bonds is 9. The van der Waals surface area contributed by atoms with Crippen LogP contribution >= 0.6 is 12.2 Å². The van der Waals surface area contributed by atoms with Gasteiger partial charge in [0, 0.05) is 5.56 Å². The van der Waals surface area contributed by atoms with E-state index in [1.807, 2.05) is 19.9 Å². The summed E-state index contributed by atoms with van der Waals surface area (Å²) in [6.07, 6.45) is 0. The lowest BCUT2D eigenvalue weighted by Gasteiger charge is -2.13. The first-order valence-corrected chi connectivity index (χ1v) is 10.3. The number of aryl methyl sites for hydroxylation is 1. The average Bonchev–Trinajstić information content (AvgIpc) is 3.06. The van der Waals surface area contributed by atoms with Crippen LogP contribution in [0.25, 0.3) is 0 Å². The lowest BCUT2D eigenvalue weighted by Crippen LogP contribution is -2.12. The van der Waals surface area contributed by atoms with Gasteiger partial charge in [-0.1, -0.05) is 26.0 Å². The Morgan fingerprint density at radius 1 is 1.17 bits per heavy atom. The van der Waals surface area contributed by atoms with Gasteiger partial charge in [0.1, 0.15) is 18.0 Å². The minimum absolute atomic E-state index is 0.00198. The Labute approximate surface area is 181 Å². The van der Waals surface area contributed by atoms with Crippen molar-refractivity contribution in [3.05, 3.63) is 69.9 Å². The van der Waals surface area contributed by atoms with Gasteiger partial charge in [0.25, 0.3) is 10.7 Å². The van der Waals surface area contributed by atoms with Gasteiger partial charge in [-0.3, -0.25) is 4.79 Å². The molecule has 3 rings (SSSR count). The van der Waals surface area contributed by atoms with E-state index in [0.29, 0.717) is 24.0 Å². The fourth-order valence-electron chi connectivity index (χ4n) is 3.02. The van der Waals surface area contributed by atoms with Crippen LogP contribution < -0.4 is 9.47 Å². The molecule has 0 amide bonds. The summed E-state index contributed by atoms with van der Waals surface area (Å²) in [6.45, 7) is 8.87. The highest BCUT2D eigenvalue weighted by atomic mass is 32.1. The van der Waals surface area contributed by atoms with Crippen molar-refractivity contribution in [3.63, 3.8) is 0 Å². The molecule has 6 nitrogen and oxygen atoms in total. The van der Waals surface area contributed by atoms with Gasteiger partial charge in [-0.2, -0.15) is 0 Å². The molecule has 3 aromatic rings. The molecular formula is C23H26N2O4S. The van der Waals surface area contributed by atoms with Crippen molar-refractivity contribution >= 4 is 18.0 Å². The molecule has 0 bridgehead atoms. The van der Waals surface area contributed by atoms with Crippen LogP contribution in [0.5, 0.6) is 11.5 Å². The number of nitrogens with zero attached hydrogens (tertiary/aromatic N) is 2. The number of hydrogen-bond acceptors (Lipinski definition) is 6. The predicted molar refractivity (Wildman–Crippen MR) is 117 cm³/mol. The summed E-state index contributed by atoms with van der Waals surface area (Å²) in [5.41, 5.74) is 2.79. The standard InChI is InChI=1S/C23H26N2O4S/c1-5-27-18-9-7-17(8-10-18)20(26)13-25-23(30)29-22(24-25)14-28-21-12-16(4)6-11-19(21)15(2)3/h6-12,15H,5,13-14H2,1-4H3. The van der Waals surface area contributed by atoms with E-state index in [9.17, 15) is 4.79 Å². The first-order chi connectivity index (χ1) is 14.4. The molecule has 0 atom stereocenters. The summed E-state index contributed by atoms with van der Waals surface area (Å²) in [5, 5.41) is 4.31. The van der Waals surface area contributed by atoms with Gasteiger partial charge in [-0.15, -0.1) is 5.10 Å². The van der Waals surface area contributed by atoms with Gasteiger partial charge in [0.15, 0.2) is 12.4 Å². The number of Topliss-reactive ketones (excluding diaryl/α,β-unsaturated/α-hetero) is 1. The minimum atomic E-state index is -0.115. The largest absolute Gasteiger partial charge is 0.494 e. The maximum atomic E-state index is 12.6. The van der Waals surface area contributed by atoms with Crippen LogP contribution in [-0.2, 0) is 13.2 Å². The minimum Gasteiger partial charge on any atom is -0.494 e. The Morgan fingerprint density at radius 2 is 1.90 bits per heavy atom. The topological polar surface area (TPSA) is 66.5 Å². The van der Waals surface area contributed by atoms with Gasteiger partial charge >= 0.3 is 0 Å². The zero-order valence-electron chi connectivity index (χ0n) is 17.7. The molecule has 0 radical (unpaired) electrons. The summed E-state index contributed by atoms with van der Waals surface area (Å²) >= 11 is 5.22. The molecule has 0 N–H and O–H groups in total. The highest BCUT2D eigenvalue weighted by molar-refractivity contribution is 7.71. The van der Waals surface area contributed by atoms with Crippen molar-refractivity contribution in [3.8, 4) is 11.5 Å². The highest BCUT2D eigenvalue weighted by Crippen LogP contribution is 2.28. The third kappa shape index (κ3) is 5.36. The molecule has 0 fully saturated rings. The molecule has 1 aromatic heterocycles. The molecule has 1 heterocycles. The van der Waals surface area contributed by atoms with Crippen molar-refractivity contribution in [1.82, 2.24) is 9.78 Å². The number of hydrogen-bond donors (Lipinski definition) is 0. The molecule has 0 saturated heterocycles. The third-order valence-electron chi connectivity index (χ3n) is 4.57. The van der Waals surface area contributed by atoms with Crippen LogP contribution in [-0.4, -0.2) is 22.2 Å². The molecular weight excluding hydrogens is 400 g/mol. The first-order valence-electron chi connectivity index (χ1n) is 9.93. The lowest BCUT2D eigenvalue weighted by atomic mass is 10.0. The summed E-state index contributed by atoms with van der Waals surface area (Å²) in [4.78, 5) is 12.7. The number of aromatic nitrogens is 2. The smallest absolute Gasteiger partial charge is 0.287 e. The molecule has 0 saturated carbocycles. The zero-order chi connectivity index (χ0) is 21.7. The molecule has 0 spiro atoms. The molecule has 0 aliphatic carbocycles. The number of ketones is 1. The van der Waals surface area contributed by atoms with E-state index < -0.39 is 0 Å². The summed E-state index contributed by atoms with van der Waals surface area (Å²) in [6, 6.07) is 13.1. The Hall–Kier alpha value is -2.93. The van der Waals surface area contributed by atoms with Gasteiger partial charge in [-0.05, 0) is 73.4 Å². The van der Waals surface area contributed by atoms with E-state index in [-0.39, 0.29) is 23.8 Å². The monoisotopic (exact) mass is 426 g/mol. The average molecular weight is 427 g/mol. The number of benzene rings is 2. The second-order valence-corrected chi connectivity index (χ2v) is 7.63. The second-order valence-electron chi connectivity index (χ2n) is 7.28. The quantitative estimate of drug-likeness (QED) is 0.333. The van der Waals surface area contributed by atoms with Gasteiger partial charge in [0.2, 0.25) is 0 Å². The summed E-state index contributed by atoms with van der Waals surface area (Å²) in [7, 11) is 0. The fourth-order valence-corrected chi connectivity index (χ4v) is 3.22. The van der Waals surface area contributed by atoms with Gasteiger partial charge < -0.3 is 13.9 Å². The van der Waals surface area contributed by atoms with Crippen molar-refractivity contribution in [1.29, 1.82) is 0 Å². The van der Waals surface area contributed by atoms with Crippen LogP contribution in [0.15, 0.2) is 46.9 Å². The van der Waals surface area contributed by atoms with Crippen molar-refractivity contribution < 1.29 is 18.7 Å². The van der Waals surface area contributed by atoms with Crippen LogP contribution in [0.3, 0.4) is 0 Å².